The Kier molecular flexibility index (Phi) is 7.59. The van der Waals surface area contributed by atoms with E-state index in [-0.39, 0.29) is 0 Å². The van der Waals surface area contributed by atoms with E-state index in [2.05, 4.69) is 27.2 Å². The van der Waals surface area contributed by atoms with Crippen LogP contribution in [0.25, 0.3) is 0 Å². The Morgan fingerprint density at radius 3 is 2.45 bits per heavy atom. The molecule has 0 unspecified atom stereocenters. The van der Waals surface area contributed by atoms with Crippen LogP contribution in [0.15, 0.2) is 34.8 Å². The molecule has 0 spiro atoms. The quantitative estimate of drug-likeness (QED) is 0.350. The van der Waals surface area contributed by atoms with E-state index in [4.69, 9.17) is 32.9 Å². The Morgan fingerprint density at radius 2 is 1.84 bits per heavy atom. The molecule has 0 bridgehead atoms. The summed E-state index contributed by atoms with van der Waals surface area (Å²) < 4.78 is 5.89. The monoisotopic (exact) mass is 494 g/mol. The van der Waals surface area contributed by atoms with Crippen LogP contribution in [-0.4, -0.2) is 34.3 Å². The summed E-state index contributed by atoms with van der Waals surface area (Å²) in [5.74, 6) is 1.79. The largest absolute Gasteiger partial charge is 0.484 e. The molecule has 0 atom stereocenters. The molecule has 0 amide bonds. The molecule has 164 valence electrons. The summed E-state index contributed by atoms with van der Waals surface area (Å²) in [6.07, 6.45) is 8.88. The van der Waals surface area contributed by atoms with Gasteiger partial charge in [0.25, 0.3) is 0 Å². The number of thiazole rings is 1. The number of hydrogen-bond donors (Lipinski definition) is 0. The average molecular weight is 496 g/mol. The molecule has 31 heavy (non-hydrogen) atoms. The van der Waals surface area contributed by atoms with Gasteiger partial charge in [-0.2, -0.15) is 0 Å². The van der Waals surface area contributed by atoms with Gasteiger partial charge in [0.15, 0.2) is 5.75 Å². The number of anilines is 1. The topological polar surface area (TPSA) is 51.1 Å². The Balaban J connectivity index is 1.33. The molecular formula is C22H24Cl2N4OS2. The van der Waals surface area contributed by atoms with Gasteiger partial charge in [0.2, 0.25) is 5.95 Å². The first-order valence-corrected chi connectivity index (χ1v) is 13.1. The zero-order valence-corrected chi connectivity index (χ0v) is 20.6. The van der Waals surface area contributed by atoms with Crippen molar-refractivity contribution in [1.29, 1.82) is 0 Å². The smallest absolute Gasteiger partial charge is 0.225 e. The van der Waals surface area contributed by atoms with Gasteiger partial charge in [-0.1, -0.05) is 30.1 Å². The van der Waals surface area contributed by atoms with Gasteiger partial charge in [0.05, 0.1) is 20.7 Å². The molecule has 0 saturated carbocycles. The second-order valence-corrected chi connectivity index (χ2v) is 9.98. The lowest BCUT2D eigenvalue weighted by molar-refractivity contribution is 0.302. The Morgan fingerprint density at radius 1 is 1.16 bits per heavy atom. The maximum absolute atomic E-state index is 6.33. The lowest BCUT2D eigenvalue weighted by Crippen LogP contribution is -2.34. The van der Waals surface area contributed by atoms with E-state index in [9.17, 15) is 0 Å². The van der Waals surface area contributed by atoms with Crippen LogP contribution in [0.2, 0.25) is 10.0 Å². The minimum atomic E-state index is 0.352. The first kappa shape index (κ1) is 22.6. The molecule has 3 heterocycles. The van der Waals surface area contributed by atoms with E-state index in [0.29, 0.717) is 28.3 Å². The van der Waals surface area contributed by atoms with Gasteiger partial charge in [0, 0.05) is 41.7 Å². The Hall–Kier alpha value is -1.54. The summed E-state index contributed by atoms with van der Waals surface area (Å²) in [4.78, 5) is 17.1. The zero-order chi connectivity index (χ0) is 21.8. The highest BCUT2D eigenvalue weighted by molar-refractivity contribution is 7.98. The first-order chi connectivity index (χ1) is 15.1. The fraction of sp³-hybridized carbons (Fsp3) is 0.409. The lowest BCUT2D eigenvalue weighted by Gasteiger charge is -2.31. The Labute approximate surface area is 201 Å². The highest BCUT2D eigenvalue weighted by Gasteiger charge is 2.24. The van der Waals surface area contributed by atoms with Crippen molar-refractivity contribution in [2.75, 3.05) is 24.2 Å². The normalized spacial score (nSPS) is 14.8. The summed E-state index contributed by atoms with van der Waals surface area (Å²) in [7, 11) is 0. The molecule has 1 aliphatic heterocycles. The molecule has 0 radical (unpaired) electrons. The van der Waals surface area contributed by atoms with Crippen molar-refractivity contribution in [2.45, 2.75) is 43.6 Å². The van der Waals surface area contributed by atoms with Crippen molar-refractivity contribution < 1.29 is 4.74 Å². The van der Waals surface area contributed by atoms with Crippen LogP contribution in [-0.2, 0) is 13.0 Å². The third-order valence-corrected chi connectivity index (χ3v) is 7.69. The van der Waals surface area contributed by atoms with Crippen LogP contribution in [0.1, 0.15) is 41.9 Å². The van der Waals surface area contributed by atoms with Crippen LogP contribution in [0.4, 0.5) is 5.95 Å². The SMILES string of the molecule is CCc1cnc(N2CCC(c3nc(COc4c(Cl)cc(SC)cc4Cl)cs3)CC2)nc1. The number of aromatic nitrogens is 3. The molecule has 1 saturated heterocycles. The van der Waals surface area contributed by atoms with E-state index in [1.165, 1.54) is 5.56 Å². The van der Waals surface area contributed by atoms with Crippen LogP contribution in [0, 0.1) is 0 Å². The van der Waals surface area contributed by atoms with E-state index in [0.717, 1.165) is 53.9 Å². The predicted molar refractivity (Wildman–Crippen MR) is 130 cm³/mol. The fourth-order valence-electron chi connectivity index (χ4n) is 3.54. The zero-order valence-electron chi connectivity index (χ0n) is 17.5. The predicted octanol–water partition coefficient (Wildman–Crippen LogP) is 6.49. The minimum absolute atomic E-state index is 0.352. The van der Waals surface area contributed by atoms with E-state index < -0.39 is 0 Å². The van der Waals surface area contributed by atoms with Gasteiger partial charge in [0.1, 0.15) is 6.61 Å². The molecule has 1 aromatic carbocycles. The van der Waals surface area contributed by atoms with Crippen molar-refractivity contribution in [3.05, 3.63) is 56.2 Å². The summed E-state index contributed by atoms with van der Waals surface area (Å²) in [5, 5.41) is 4.27. The highest BCUT2D eigenvalue weighted by Crippen LogP contribution is 2.37. The highest BCUT2D eigenvalue weighted by atomic mass is 35.5. The lowest BCUT2D eigenvalue weighted by atomic mass is 9.98. The molecule has 9 heteroatoms. The summed E-state index contributed by atoms with van der Waals surface area (Å²) in [5.41, 5.74) is 2.07. The van der Waals surface area contributed by atoms with Crippen LogP contribution >= 0.6 is 46.3 Å². The number of ether oxygens (including phenoxy) is 1. The van der Waals surface area contributed by atoms with Gasteiger partial charge < -0.3 is 9.64 Å². The summed E-state index contributed by atoms with van der Waals surface area (Å²) in [6, 6.07) is 3.74. The molecule has 5 nitrogen and oxygen atoms in total. The number of thioether (sulfide) groups is 1. The molecule has 4 rings (SSSR count). The van der Waals surface area contributed by atoms with E-state index in [1.807, 2.05) is 30.8 Å². The molecule has 3 aromatic rings. The first-order valence-electron chi connectivity index (χ1n) is 10.2. The second kappa shape index (κ2) is 10.4. The fourth-order valence-corrected chi connectivity index (χ4v) is 5.71. The van der Waals surface area contributed by atoms with Gasteiger partial charge in [-0.3, -0.25) is 0 Å². The third-order valence-electron chi connectivity index (χ3n) is 5.37. The van der Waals surface area contributed by atoms with E-state index in [1.54, 1.807) is 23.1 Å². The van der Waals surface area contributed by atoms with Crippen molar-refractivity contribution >= 4 is 52.2 Å². The van der Waals surface area contributed by atoms with Crippen LogP contribution < -0.4 is 9.64 Å². The summed E-state index contributed by atoms with van der Waals surface area (Å²) in [6.45, 7) is 4.34. The van der Waals surface area contributed by atoms with Crippen molar-refractivity contribution in [3.8, 4) is 5.75 Å². The second-order valence-electron chi connectivity index (χ2n) is 7.39. The van der Waals surface area contributed by atoms with Gasteiger partial charge in [-0.25, -0.2) is 15.0 Å². The van der Waals surface area contributed by atoms with Crippen LogP contribution in [0.3, 0.4) is 0 Å². The van der Waals surface area contributed by atoms with Crippen molar-refractivity contribution in [2.24, 2.45) is 0 Å². The number of piperidine rings is 1. The standard InChI is InChI=1S/C22H24Cl2N4OS2/c1-3-14-10-25-22(26-11-14)28-6-4-15(5-7-28)21-27-16(13-31-21)12-29-20-18(23)8-17(30-2)9-19(20)24/h8-11,13,15H,3-7,12H2,1-2H3. The minimum Gasteiger partial charge on any atom is -0.484 e. The number of nitrogens with zero attached hydrogens (tertiary/aromatic N) is 4. The van der Waals surface area contributed by atoms with Gasteiger partial charge in [-0.05, 0) is 43.2 Å². The van der Waals surface area contributed by atoms with Gasteiger partial charge >= 0.3 is 0 Å². The molecule has 1 fully saturated rings. The molecular weight excluding hydrogens is 471 g/mol. The number of hydrogen-bond acceptors (Lipinski definition) is 7. The molecule has 1 aliphatic rings. The van der Waals surface area contributed by atoms with Gasteiger partial charge in [-0.15, -0.1) is 23.1 Å². The van der Waals surface area contributed by atoms with Crippen LogP contribution in [0.5, 0.6) is 5.75 Å². The maximum Gasteiger partial charge on any atom is 0.225 e. The van der Waals surface area contributed by atoms with Crippen molar-refractivity contribution in [1.82, 2.24) is 15.0 Å². The van der Waals surface area contributed by atoms with Crippen molar-refractivity contribution in [3.63, 3.8) is 0 Å². The maximum atomic E-state index is 6.33. The third kappa shape index (κ3) is 5.45. The summed E-state index contributed by atoms with van der Waals surface area (Å²) >= 11 is 16.0. The van der Waals surface area contributed by atoms with E-state index >= 15 is 0 Å². The number of aryl methyl sites for hydroxylation is 1. The number of rotatable bonds is 7. The number of halogens is 2. The Bertz CT molecular complexity index is 998. The number of benzene rings is 1. The average Bonchev–Trinajstić information content (AvgIpc) is 3.27. The molecule has 0 aliphatic carbocycles. The molecule has 0 N–H and O–H groups in total. The molecule has 2 aromatic heterocycles.